The molecule has 6 rings (SSSR count). The van der Waals surface area contributed by atoms with E-state index in [0.29, 0.717) is 6.35 Å². The number of carboxylic acid groups (broad SMARTS) is 1. The van der Waals surface area contributed by atoms with Crippen molar-refractivity contribution in [3.05, 3.63) is 182 Å². The molecule has 0 fully saturated rings. The number of aliphatic hydroxyl groups is 1. The quantitative estimate of drug-likeness (QED) is 0.0672. The van der Waals surface area contributed by atoms with E-state index in [1.807, 2.05) is 79.7 Å². The molecule has 0 unspecified atom stereocenters. The molecule has 0 spiro atoms. The smallest absolute Gasteiger partial charge is 0.323 e. The zero-order chi connectivity index (χ0) is 43.8. The maximum Gasteiger partial charge on any atom is 0.323 e. The third kappa shape index (κ3) is 21.1. The monoisotopic (exact) mass is 869 g/mol. The first kappa shape index (κ1) is 51.5. The number of ether oxygens (including phenoxy) is 2. The molecule has 0 aliphatic carbocycles. The van der Waals surface area contributed by atoms with Gasteiger partial charge in [-0.1, -0.05) is 191 Å². The number of aliphatic hydroxyl groups excluding tert-OH is 1. The molecule has 0 heterocycles. The van der Waals surface area contributed by atoms with Crippen LogP contribution in [0.25, 0.3) is 0 Å². The molecule has 0 saturated carbocycles. The second-order valence-electron chi connectivity index (χ2n) is 12.7. The first-order valence-corrected chi connectivity index (χ1v) is 23.7. The Kier molecular flexibility index (Phi) is 27.7. The van der Waals surface area contributed by atoms with Gasteiger partial charge in [-0.3, -0.25) is 9.59 Å². The van der Waals surface area contributed by atoms with E-state index in [-0.39, 0.29) is 19.8 Å². The normalized spacial score (nSPS) is 11.1. The summed E-state index contributed by atoms with van der Waals surface area (Å²) in [4.78, 5) is 21.7. The van der Waals surface area contributed by atoms with Crippen LogP contribution in [0.5, 0.6) is 0 Å². The second kappa shape index (κ2) is 32.2. The van der Waals surface area contributed by atoms with Gasteiger partial charge in [0, 0.05) is 15.1 Å². The van der Waals surface area contributed by atoms with Gasteiger partial charge in [0.25, 0.3) is 0 Å². The van der Waals surface area contributed by atoms with Crippen LogP contribution < -0.4 is 42.5 Å². The summed E-state index contributed by atoms with van der Waals surface area (Å²) in [5, 5.41) is 30.7. The molecular formula is C49H63N2O6P3. The number of hydrogen-bond donors (Lipinski definition) is 4. The first-order chi connectivity index (χ1) is 29.2. The Morgan fingerprint density at radius 3 is 1.13 bits per heavy atom. The molecule has 0 radical (unpaired) electrons. The molecule has 2 atom stereocenters. The lowest BCUT2D eigenvalue weighted by Gasteiger charge is -2.19. The van der Waals surface area contributed by atoms with Crippen molar-refractivity contribution in [2.45, 2.75) is 32.9 Å². The van der Waals surface area contributed by atoms with Gasteiger partial charge in [0.1, 0.15) is 18.4 Å². The third-order valence-electron chi connectivity index (χ3n) is 8.46. The molecule has 0 amide bonds. The maximum atomic E-state index is 11.9. The highest BCUT2D eigenvalue weighted by Crippen LogP contribution is 2.33. The number of carbonyl (C=O) groups is 2. The van der Waals surface area contributed by atoms with E-state index in [2.05, 4.69) is 125 Å². The molecule has 320 valence electrons. The summed E-state index contributed by atoms with van der Waals surface area (Å²) < 4.78 is 10.0. The minimum Gasteiger partial charge on any atom is -0.480 e. The number of carbonyl (C=O) groups excluding carboxylic acids is 1. The van der Waals surface area contributed by atoms with Crippen LogP contribution in [0, 0.1) is 0 Å². The predicted molar refractivity (Wildman–Crippen MR) is 261 cm³/mol. The first-order valence-electron chi connectivity index (χ1n) is 19.6. The number of carboxylic acids is 1. The Hall–Kier alpha value is -4.61. The van der Waals surface area contributed by atoms with E-state index in [9.17, 15) is 14.7 Å². The Morgan fingerprint density at radius 2 is 0.883 bits per heavy atom. The van der Waals surface area contributed by atoms with Crippen molar-refractivity contribution in [3.63, 3.8) is 0 Å². The predicted octanol–water partition coefficient (Wildman–Crippen LogP) is 7.19. The Balaban J connectivity index is 0.000000413. The van der Waals surface area contributed by atoms with Gasteiger partial charge < -0.3 is 30.3 Å². The average Bonchev–Trinajstić information content (AvgIpc) is 3.31. The van der Waals surface area contributed by atoms with Crippen molar-refractivity contribution in [2.75, 3.05) is 40.5 Å². The highest BCUT2D eigenvalue weighted by atomic mass is 31.1. The number of esters is 1. The van der Waals surface area contributed by atoms with Gasteiger partial charge in [-0.15, -0.1) is 0 Å². The van der Waals surface area contributed by atoms with Gasteiger partial charge in [-0.2, -0.15) is 0 Å². The molecule has 4 N–H and O–H groups in total. The topological polar surface area (TPSA) is 117 Å². The molecule has 6 aromatic carbocycles. The standard InChI is InChI=1S/C17H20NO2P.C13H13OP.C12H11P.C4H9NO2.C3H8O.H2/c1-14(18-2)17(19)20-13-21(15-9-5-3-6-10-15)16-11-7-4-8-12-16;14-11-15(12-7-3-1-4-8-12)13-9-5-2-6-10-13;1-3-7-11(8-4-1)13-12-9-5-2-6-10-12;1-3(5-2)4(6)7;1-3-4-2;/h3-12,14,18H,13H2,1-2H3;1-10,14H,11H2;1-10,13H;3,5H,1-2H3,(H,6,7);3H2,1-2H3;1H/t14-;;;3-;;/m0..0../s1/i;;;;;1+1. The van der Waals surface area contributed by atoms with Crippen molar-refractivity contribution in [3.8, 4) is 0 Å². The summed E-state index contributed by atoms with van der Waals surface area (Å²) in [5.74, 6) is -1.03. The summed E-state index contributed by atoms with van der Waals surface area (Å²) in [6, 6.07) is 61.3. The Morgan fingerprint density at radius 1 is 0.583 bits per heavy atom. The number of benzene rings is 6. The van der Waals surface area contributed by atoms with Crippen molar-refractivity contribution in [2.24, 2.45) is 0 Å². The number of hydrogen-bond acceptors (Lipinski definition) is 7. The van der Waals surface area contributed by atoms with Crippen molar-refractivity contribution in [1.29, 1.82) is 0 Å². The number of rotatable bonds is 14. The molecule has 0 saturated heterocycles. The molecule has 11 heteroatoms. The zero-order valence-corrected chi connectivity index (χ0v) is 38.3. The van der Waals surface area contributed by atoms with E-state index in [1.54, 1.807) is 35.1 Å². The Bertz CT molecular complexity index is 1840. The molecule has 0 bridgehead atoms. The van der Waals surface area contributed by atoms with Gasteiger partial charge in [0.2, 0.25) is 0 Å². The second-order valence-corrected chi connectivity index (χ2v) is 18.4. The molecule has 0 aliphatic heterocycles. The minimum absolute atomic E-state index is 0. The van der Waals surface area contributed by atoms with Gasteiger partial charge in [-0.25, -0.2) is 0 Å². The fourth-order valence-corrected chi connectivity index (χ4v) is 9.40. The van der Waals surface area contributed by atoms with Crippen LogP contribution in [0.15, 0.2) is 182 Å². The number of nitrogens with one attached hydrogen (secondary N) is 2. The van der Waals surface area contributed by atoms with E-state index in [4.69, 9.17) is 9.84 Å². The molecule has 6 aromatic rings. The zero-order valence-electron chi connectivity index (χ0n) is 35.5. The largest absolute Gasteiger partial charge is 0.480 e. The van der Waals surface area contributed by atoms with Gasteiger partial charge >= 0.3 is 11.9 Å². The van der Waals surface area contributed by atoms with Crippen molar-refractivity contribution < 1.29 is 30.7 Å². The minimum atomic E-state index is -0.817. The number of aliphatic carboxylic acids is 1. The lowest BCUT2D eigenvalue weighted by Crippen LogP contribution is -2.33. The van der Waals surface area contributed by atoms with Crippen LogP contribution in [0.2, 0.25) is 0 Å². The summed E-state index contributed by atoms with van der Waals surface area (Å²) in [7, 11) is 4.54. The summed E-state index contributed by atoms with van der Waals surface area (Å²) in [6.07, 6.45) is 0.623. The fourth-order valence-electron chi connectivity index (χ4n) is 4.75. The summed E-state index contributed by atoms with van der Waals surface area (Å²) in [5.41, 5.74) is 0. The van der Waals surface area contributed by atoms with Gasteiger partial charge in [-0.05, 0) is 82.5 Å². The van der Waals surface area contributed by atoms with Crippen LogP contribution in [0.1, 0.15) is 22.2 Å². The average molecular weight is 870 g/mol. The third-order valence-corrected chi connectivity index (χ3v) is 14.1. The molecule has 0 aromatic heterocycles. The van der Waals surface area contributed by atoms with Crippen molar-refractivity contribution >= 4 is 68.2 Å². The molecule has 8 nitrogen and oxygen atoms in total. The number of methoxy groups -OCH3 is 1. The van der Waals surface area contributed by atoms with Crippen LogP contribution >= 0.6 is 24.4 Å². The SMILES string of the molecule is CCOC.CN[C@@H](C)C(=O)O.CN[C@@H](C)C(=O)OCP(c1ccccc1)c1ccccc1.OCP(c1ccccc1)c1ccccc1.[2HH].c1ccc(Pc2ccccc2)cc1. The lowest BCUT2D eigenvalue weighted by molar-refractivity contribution is -0.143. The molecule has 0 aliphatic rings. The molecule has 60 heavy (non-hydrogen) atoms. The highest BCUT2D eigenvalue weighted by molar-refractivity contribution is 7.73. The van der Waals surface area contributed by atoms with Crippen LogP contribution in [-0.4, -0.2) is 74.7 Å². The Labute approximate surface area is 363 Å². The molecular weight excluding hydrogens is 805 g/mol. The maximum absolute atomic E-state index is 11.9. The highest BCUT2D eigenvalue weighted by Gasteiger charge is 2.18. The van der Waals surface area contributed by atoms with Gasteiger partial charge in [0.15, 0.2) is 0 Å². The van der Waals surface area contributed by atoms with Crippen molar-refractivity contribution in [1.82, 2.24) is 10.6 Å². The van der Waals surface area contributed by atoms with E-state index >= 15 is 0 Å². The van der Waals surface area contributed by atoms with Crippen LogP contribution in [0.3, 0.4) is 0 Å². The number of likely N-dealkylation sites (N-methyl/N-ethyl adjacent to an activating group) is 2. The van der Waals surface area contributed by atoms with Crippen LogP contribution in [0.4, 0.5) is 0 Å². The fraction of sp³-hybridized carbons (Fsp3) is 0.224. The van der Waals surface area contributed by atoms with E-state index in [1.165, 1.54) is 31.8 Å². The van der Waals surface area contributed by atoms with Gasteiger partial charge in [0.05, 0.1) is 6.35 Å². The van der Waals surface area contributed by atoms with E-state index < -0.39 is 27.9 Å². The lowest BCUT2D eigenvalue weighted by atomic mass is 10.4. The summed E-state index contributed by atoms with van der Waals surface area (Å²) in [6.45, 7) is 6.16. The van der Waals surface area contributed by atoms with E-state index in [0.717, 1.165) is 15.2 Å². The van der Waals surface area contributed by atoms with Crippen LogP contribution in [-0.2, 0) is 19.1 Å². The summed E-state index contributed by atoms with van der Waals surface area (Å²) >= 11 is 0.